The number of carboxylic acids is 1. The topological polar surface area (TPSA) is 103 Å². The molecule has 1 saturated heterocycles. The predicted octanol–water partition coefficient (Wildman–Crippen LogP) is 2.68. The number of hydrogen-bond donors (Lipinski definition) is 2. The number of benzene rings is 1. The van der Waals surface area contributed by atoms with Gasteiger partial charge in [-0.25, -0.2) is 14.3 Å². The molecular formula is C17H19N3O5. The average molecular weight is 345 g/mol. The van der Waals surface area contributed by atoms with Gasteiger partial charge in [-0.05, 0) is 18.4 Å². The Labute approximate surface area is 144 Å². The van der Waals surface area contributed by atoms with E-state index in [0.717, 1.165) is 5.56 Å². The maximum Gasteiger partial charge on any atom is 0.413 e. The first kappa shape index (κ1) is 17.0. The van der Waals surface area contributed by atoms with E-state index >= 15 is 0 Å². The summed E-state index contributed by atoms with van der Waals surface area (Å²) in [4.78, 5) is 23.5. The van der Waals surface area contributed by atoms with Crippen LogP contribution in [0.15, 0.2) is 36.5 Å². The van der Waals surface area contributed by atoms with E-state index < -0.39 is 12.1 Å². The van der Waals surface area contributed by atoms with Gasteiger partial charge in [-0.15, -0.1) is 0 Å². The lowest BCUT2D eigenvalue weighted by Crippen LogP contribution is -2.24. The molecule has 1 aromatic carbocycles. The molecule has 25 heavy (non-hydrogen) atoms. The van der Waals surface area contributed by atoms with Crippen LogP contribution >= 0.6 is 0 Å². The van der Waals surface area contributed by atoms with Crippen LogP contribution in [0, 0.1) is 0 Å². The minimum atomic E-state index is -1.16. The van der Waals surface area contributed by atoms with Gasteiger partial charge in [0.15, 0.2) is 0 Å². The largest absolute Gasteiger partial charge is 0.477 e. The van der Waals surface area contributed by atoms with Crippen LogP contribution in [0.3, 0.4) is 0 Å². The maximum atomic E-state index is 12.1. The van der Waals surface area contributed by atoms with Crippen molar-refractivity contribution in [2.45, 2.75) is 25.5 Å². The Bertz CT molecular complexity index is 738. The Balaban J connectivity index is 1.72. The molecule has 8 heteroatoms. The molecule has 1 aliphatic rings. The number of carboxylic acid groups (broad SMARTS) is 1. The third kappa shape index (κ3) is 4.16. The summed E-state index contributed by atoms with van der Waals surface area (Å²) in [5.41, 5.74) is 0.775. The molecule has 0 atom stereocenters. The van der Waals surface area contributed by atoms with Crippen LogP contribution < -0.4 is 5.32 Å². The summed E-state index contributed by atoms with van der Waals surface area (Å²) in [6.45, 7) is 1.25. The zero-order valence-corrected chi connectivity index (χ0v) is 13.6. The molecule has 1 aromatic heterocycles. The molecule has 8 nitrogen and oxygen atoms in total. The number of aromatic carboxylic acids is 1. The van der Waals surface area contributed by atoms with Gasteiger partial charge in [-0.2, -0.15) is 5.10 Å². The van der Waals surface area contributed by atoms with Crippen molar-refractivity contribution in [3.8, 4) is 0 Å². The van der Waals surface area contributed by atoms with Crippen LogP contribution in [0.1, 0.15) is 34.8 Å². The van der Waals surface area contributed by atoms with E-state index in [-0.39, 0.29) is 24.0 Å². The van der Waals surface area contributed by atoms with E-state index in [2.05, 4.69) is 10.4 Å². The molecule has 0 radical (unpaired) electrons. The molecule has 0 aliphatic carbocycles. The van der Waals surface area contributed by atoms with Crippen LogP contribution in [0.25, 0.3) is 0 Å². The molecule has 2 aromatic rings. The van der Waals surface area contributed by atoms with Crippen molar-refractivity contribution in [3.63, 3.8) is 0 Å². The van der Waals surface area contributed by atoms with E-state index in [9.17, 15) is 14.7 Å². The van der Waals surface area contributed by atoms with E-state index in [1.807, 2.05) is 30.3 Å². The normalized spacial score (nSPS) is 14.9. The Hall–Kier alpha value is -2.87. The van der Waals surface area contributed by atoms with Crippen molar-refractivity contribution in [2.24, 2.45) is 0 Å². The number of aromatic nitrogens is 2. The van der Waals surface area contributed by atoms with Crippen molar-refractivity contribution in [2.75, 3.05) is 18.5 Å². The van der Waals surface area contributed by atoms with Gasteiger partial charge in [-0.1, -0.05) is 30.3 Å². The number of nitrogens with one attached hydrogen (secondary N) is 1. The van der Waals surface area contributed by atoms with Gasteiger partial charge in [0.2, 0.25) is 0 Å². The lowest BCUT2D eigenvalue weighted by atomic mass is 10.1. The number of anilines is 1. The van der Waals surface area contributed by atoms with Crippen LogP contribution in [-0.2, 0) is 16.1 Å². The SMILES string of the molecule is O=C(Nc1c(C(=O)O)cnn1C1CCOCC1)OCc1ccccc1. The van der Waals surface area contributed by atoms with Gasteiger partial charge < -0.3 is 14.6 Å². The Kier molecular flexibility index (Phi) is 5.30. The summed E-state index contributed by atoms with van der Waals surface area (Å²) in [5.74, 6) is -1.02. The molecule has 2 N–H and O–H groups in total. The molecule has 1 aliphatic heterocycles. The molecule has 0 saturated carbocycles. The lowest BCUT2D eigenvalue weighted by molar-refractivity contribution is 0.0666. The molecule has 3 rings (SSSR count). The molecule has 0 unspecified atom stereocenters. The molecule has 1 fully saturated rings. The molecule has 1 amide bonds. The summed E-state index contributed by atoms with van der Waals surface area (Å²) >= 11 is 0. The van der Waals surface area contributed by atoms with Crippen LogP contribution in [0.2, 0.25) is 0 Å². The van der Waals surface area contributed by atoms with Gasteiger partial charge in [0, 0.05) is 13.2 Å². The fourth-order valence-electron chi connectivity index (χ4n) is 2.71. The highest BCUT2D eigenvalue weighted by Crippen LogP contribution is 2.27. The number of rotatable bonds is 5. The van der Waals surface area contributed by atoms with Gasteiger partial charge in [0.05, 0.1) is 12.2 Å². The highest BCUT2D eigenvalue weighted by Gasteiger charge is 2.25. The second-order valence-electron chi connectivity index (χ2n) is 5.69. The number of carbonyl (C=O) groups is 2. The average Bonchev–Trinajstić information content (AvgIpc) is 3.05. The summed E-state index contributed by atoms with van der Waals surface area (Å²) in [5, 5.41) is 16.0. The minimum absolute atomic E-state index is 0.0220. The lowest BCUT2D eigenvalue weighted by Gasteiger charge is -2.24. The van der Waals surface area contributed by atoms with Crippen LogP contribution in [-0.4, -0.2) is 40.2 Å². The predicted molar refractivity (Wildman–Crippen MR) is 88.5 cm³/mol. The van der Waals surface area contributed by atoms with Gasteiger partial charge in [0.1, 0.15) is 18.0 Å². The zero-order valence-electron chi connectivity index (χ0n) is 13.6. The second-order valence-corrected chi connectivity index (χ2v) is 5.69. The molecular weight excluding hydrogens is 326 g/mol. The van der Waals surface area contributed by atoms with Gasteiger partial charge >= 0.3 is 12.1 Å². The Morgan fingerprint density at radius 3 is 2.68 bits per heavy atom. The zero-order chi connectivity index (χ0) is 17.6. The first-order chi connectivity index (χ1) is 12.1. The van der Waals surface area contributed by atoms with Crippen molar-refractivity contribution < 1.29 is 24.2 Å². The monoisotopic (exact) mass is 345 g/mol. The minimum Gasteiger partial charge on any atom is -0.477 e. The summed E-state index contributed by atoms with van der Waals surface area (Å²) in [6, 6.07) is 9.21. The van der Waals surface area contributed by atoms with Crippen molar-refractivity contribution in [1.29, 1.82) is 0 Å². The summed E-state index contributed by atoms with van der Waals surface area (Å²) < 4.78 is 12.0. The summed E-state index contributed by atoms with van der Waals surface area (Å²) in [6.07, 6.45) is 1.92. The fraction of sp³-hybridized carbons (Fsp3) is 0.353. The summed E-state index contributed by atoms with van der Waals surface area (Å²) in [7, 11) is 0. The third-order valence-electron chi connectivity index (χ3n) is 4.00. The highest BCUT2D eigenvalue weighted by molar-refractivity contribution is 5.97. The number of amides is 1. The first-order valence-electron chi connectivity index (χ1n) is 8.01. The third-order valence-corrected chi connectivity index (χ3v) is 4.00. The van der Waals surface area contributed by atoms with Crippen molar-refractivity contribution in [3.05, 3.63) is 47.7 Å². The van der Waals surface area contributed by atoms with Crippen LogP contribution in [0.5, 0.6) is 0 Å². The van der Waals surface area contributed by atoms with Gasteiger partial charge in [0.25, 0.3) is 0 Å². The van der Waals surface area contributed by atoms with Crippen molar-refractivity contribution in [1.82, 2.24) is 9.78 Å². The fourth-order valence-corrected chi connectivity index (χ4v) is 2.71. The molecule has 132 valence electrons. The van der Waals surface area contributed by atoms with E-state index in [1.165, 1.54) is 10.9 Å². The van der Waals surface area contributed by atoms with E-state index in [0.29, 0.717) is 26.1 Å². The van der Waals surface area contributed by atoms with E-state index in [1.54, 1.807) is 0 Å². The Morgan fingerprint density at radius 2 is 2.00 bits per heavy atom. The smallest absolute Gasteiger partial charge is 0.413 e. The van der Waals surface area contributed by atoms with Crippen molar-refractivity contribution >= 4 is 17.9 Å². The number of hydrogen-bond acceptors (Lipinski definition) is 5. The van der Waals surface area contributed by atoms with Crippen LogP contribution in [0.4, 0.5) is 10.6 Å². The van der Waals surface area contributed by atoms with E-state index in [4.69, 9.17) is 9.47 Å². The number of ether oxygens (including phenoxy) is 2. The number of carbonyl (C=O) groups excluding carboxylic acids is 1. The highest BCUT2D eigenvalue weighted by atomic mass is 16.5. The maximum absolute atomic E-state index is 12.1. The first-order valence-corrected chi connectivity index (χ1v) is 8.01. The second kappa shape index (κ2) is 7.80. The molecule has 0 bridgehead atoms. The quantitative estimate of drug-likeness (QED) is 0.864. The standard InChI is InChI=1S/C17H19N3O5/c21-16(22)14-10-18-20(13-6-8-24-9-7-13)15(14)19-17(23)25-11-12-4-2-1-3-5-12/h1-5,10,13H,6-9,11H2,(H,19,23)(H,21,22). The molecule has 0 spiro atoms. The Morgan fingerprint density at radius 1 is 1.28 bits per heavy atom. The van der Waals surface area contributed by atoms with Gasteiger partial charge in [-0.3, -0.25) is 5.32 Å². The molecule has 2 heterocycles. The number of nitrogens with zero attached hydrogens (tertiary/aromatic N) is 2.